The lowest BCUT2D eigenvalue weighted by Gasteiger charge is -2.35. The van der Waals surface area contributed by atoms with Gasteiger partial charge >= 0.3 is 5.97 Å². The van der Waals surface area contributed by atoms with E-state index in [1.807, 2.05) is 147 Å². The van der Waals surface area contributed by atoms with Crippen LogP contribution in [-0.2, 0) is 70.2 Å². The topological polar surface area (TPSA) is 138 Å². The lowest BCUT2D eigenvalue weighted by molar-refractivity contribution is -0.0367. The van der Waals surface area contributed by atoms with Crippen LogP contribution in [0, 0.1) is 36.5 Å². The van der Waals surface area contributed by atoms with Crippen molar-refractivity contribution in [3.8, 4) is 11.8 Å². The van der Waals surface area contributed by atoms with Crippen LogP contribution in [0.1, 0.15) is 69.4 Å². The standard InChI is InChI=1S/C67H72N2O10S2/c1-55-30-34-63(35-31-55)80(71,72)68(43-41-66(51-75-47-57-20-8-3-9-21-57,52-76-48-58-22-10-4-11-23-58)39-18-19-45-79-65(70)61-28-16-7-17-29-61)46-62-38-40-67(53-77-49-59-24-12-5-13-25-59,54-78-50-60-26-14-6-15-27-60)42-44-69(62)81(73,74)64-36-32-56(2)33-37-64/h3-17,20-38H,39-54H2,1-2H3. The zero-order valence-corrected chi connectivity index (χ0v) is 47.9. The number of allylic oxidation sites excluding steroid dienone is 1. The quantitative estimate of drug-likeness (QED) is 0.0344. The van der Waals surface area contributed by atoms with Crippen molar-refractivity contribution in [3.63, 3.8) is 0 Å². The molecule has 12 nitrogen and oxygen atoms in total. The minimum Gasteiger partial charge on any atom is -0.449 e. The Kier molecular flexibility index (Phi) is 21.8. The van der Waals surface area contributed by atoms with Crippen molar-refractivity contribution in [3.05, 3.63) is 251 Å². The Bertz CT molecular complexity index is 3280. The number of esters is 1. The van der Waals surface area contributed by atoms with Crippen LogP contribution in [-0.4, -0.2) is 84.1 Å². The molecule has 1 aliphatic heterocycles. The van der Waals surface area contributed by atoms with E-state index in [0.29, 0.717) is 37.3 Å². The molecule has 1 aliphatic rings. The van der Waals surface area contributed by atoms with Crippen LogP contribution >= 0.6 is 0 Å². The number of hydrogen-bond acceptors (Lipinski definition) is 10. The van der Waals surface area contributed by atoms with Crippen LogP contribution in [0.15, 0.2) is 222 Å². The van der Waals surface area contributed by atoms with Crippen molar-refractivity contribution in [1.82, 2.24) is 8.61 Å². The van der Waals surface area contributed by atoms with E-state index in [0.717, 1.165) is 33.4 Å². The Labute approximate surface area is 479 Å². The smallest absolute Gasteiger partial charge is 0.339 e. The SMILES string of the molecule is Cc1ccc(S(=O)(=O)N(CCC(CC#CCOC(=O)c2ccccc2)(COCc2ccccc2)COCc2ccccc2)CC2=CCC(COCc3ccccc3)(COCc3ccccc3)CCN2S(=O)(=O)c2ccc(C)cc2)cc1. The van der Waals surface area contributed by atoms with Gasteiger partial charge in [-0.2, -0.15) is 4.31 Å². The van der Waals surface area contributed by atoms with Crippen molar-refractivity contribution in [2.45, 2.75) is 75.7 Å². The maximum Gasteiger partial charge on any atom is 0.339 e. The van der Waals surface area contributed by atoms with E-state index in [-0.39, 0.29) is 88.5 Å². The second-order valence-electron chi connectivity index (χ2n) is 20.8. The molecule has 7 aromatic carbocycles. The number of sulfonamides is 2. The summed E-state index contributed by atoms with van der Waals surface area (Å²) in [6.45, 7) is 5.12. The molecule has 8 rings (SSSR count). The third kappa shape index (κ3) is 17.7. The zero-order valence-electron chi connectivity index (χ0n) is 46.2. The molecule has 0 bridgehead atoms. The predicted octanol–water partition coefficient (Wildman–Crippen LogP) is 12.1. The normalized spacial score (nSPS) is 13.7. The van der Waals surface area contributed by atoms with Crippen molar-refractivity contribution in [2.24, 2.45) is 10.8 Å². The Morgan fingerprint density at radius 3 is 1.49 bits per heavy atom. The van der Waals surface area contributed by atoms with Gasteiger partial charge in [0.05, 0.1) is 74.8 Å². The number of ether oxygens (including phenoxy) is 5. The van der Waals surface area contributed by atoms with Gasteiger partial charge in [0.1, 0.15) is 0 Å². The first kappa shape index (κ1) is 59.9. The van der Waals surface area contributed by atoms with Gasteiger partial charge in [0.15, 0.2) is 6.61 Å². The summed E-state index contributed by atoms with van der Waals surface area (Å²) in [5.41, 5.74) is 4.67. The summed E-state index contributed by atoms with van der Waals surface area (Å²) in [4.78, 5) is 13.1. The molecule has 0 atom stereocenters. The Balaban J connectivity index is 1.17. The van der Waals surface area contributed by atoms with Gasteiger partial charge in [-0.3, -0.25) is 4.31 Å². The van der Waals surface area contributed by atoms with Crippen molar-refractivity contribution < 1.29 is 45.3 Å². The lowest BCUT2D eigenvalue weighted by Crippen LogP contribution is -2.43. The molecule has 0 unspecified atom stereocenters. The summed E-state index contributed by atoms with van der Waals surface area (Å²) in [6, 6.07) is 61.3. The van der Waals surface area contributed by atoms with Gasteiger partial charge in [0, 0.05) is 36.0 Å². The fourth-order valence-corrected chi connectivity index (χ4v) is 12.5. The highest BCUT2D eigenvalue weighted by molar-refractivity contribution is 7.89. The molecular weight excluding hydrogens is 1060 g/mol. The average molecular weight is 1130 g/mol. The van der Waals surface area contributed by atoms with Crippen molar-refractivity contribution >= 4 is 26.0 Å². The molecule has 0 fully saturated rings. The molecule has 0 aliphatic carbocycles. The first-order valence-electron chi connectivity index (χ1n) is 27.3. The van der Waals surface area contributed by atoms with E-state index in [4.69, 9.17) is 23.7 Å². The van der Waals surface area contributed by atoms with Gasteiger partial charge in [0.2, 0.25) is 10.0 Å². The lowest BCUT2D eigenvalue weighted by atomic mass is 9.82. The van der Waals surface area contributed by atoms with E-state index in [1.165, 1.54) is 8.61 Å². The van der Waals surface area contributed by atoms with Gasteiger partial charge < -0.3 is 23.7 Å². The van der Waals surface area contributed by atoms with Crippen LogP contribution in [0.5, 0.6) is 0 Å². The predicted molar refractivity (Wildman–Crippen MR) is 315 cm³/mol. The summed E-state index contributed by atoms with van der Waals surface area (Å²) in [5.74, 6) is 5.79. The third-order valence-corrected chi connectivity index (χ3v) is 18.1. The second-order valence-corrected chi connectivity index (χ2v) is 24.6. The van der Waals surface area contributed by atoms with E-state index in [1.54, 1.807) is 72.8 Å². The summed E-state index contributed by atoms with van der Waals surface area (Å²) in [7, 11) is -8.64. The molecule has 0 N–H and O–H groups in total. The highest BCUT2D eigenvalue weighted by Gasteiger charge is 2.40. The second kappa shape index (κ2) is 29.5. The maximum absolute atomic E-state index is 15.5. The average Bonchev–Trinajstić information content (AvgIpc) is 3.69. The maximum atomic E-state index is 15.5. The molecule has 422 valence electrons. The molecule has 81 heavy (non-hydrogen) atoms. The number of rotatable bonds is 28. The highest BCUT2D eigenvalue weighted by atomic mass is 32.2. The fraction of sp³-hybridized carbons (Fsp3) is 0.299. The number of carbonyl (C=O) groups is 1. The highest BCUT2D eigenvalue weighted by Crippen LogP contribution is 2.38. The largest absolute Gasteiger partial charge is 0.449 e. The van der Waals surface area contributed by atoms with Gasteiger partial charge in [-0.15, -0.1) is 0 Å². The van der Waals surface area contributed by atoms with Crippen LogP contribution in [0.4, 0.5) is 0 Å². The van der Waals surface area contributed by atoms with E-state index in [9.17, 15) is 4.79 Å². The van der Waals surface area contributed by atoms with Crippen LogP contribution in [0.25, 0.3) is 0 Å². The third-order valence-electron chi connectivity index (χ3n) is 14.4. The molecule has 0 spiro atoms. The fourth-order valence-electron chi connectivity index (χ4n) is 9.54. The molecule has 14 heteroatoms. The molecular formula is C67H72N2O10S2. The first-order chi connectivity index (χ1) is 39.3. The Morgan fingerprint density at radius 2 is 1.01 bits per heavy atom. The molecule has 1 heterocycles. The minimum absolute atomic E-state index is 0.0128. The monoisotopic (exact) mass is 1130 g/mol. The Morgan fingerprint density at radius 1 is 0.568 bits per heavy atom. The summed E-state index contributed by atoms with van der Waals surface area (Å²) < 4.78 is 96.0. The van der Waals surface area contributed by atoms with Crippen LogP contribution < -0.4 is 0 Å². The molecule has 0 radical (unpaired) electrons. The van der Waals surface area contributed by atoms with E-state index < -0.39 is 36.8 Å². The van der Waals surface area contributed by atoms with Crippen LogP contribution in [0.2, 0.25) is 0 Å². The van der Waals surface area contributed by atoms with Gasteiger partial charge in [-0.25, -0.2) is 21.6 Å². The minimum atomic E-state index is -4.35. The number of nitrogens with zero attached hydrogens (tertiary/aromatic N) is 2. The van der Waals surface area contributed by atoms with E-state index in [2.05, 4.69) is 11.8 Å². The number of aryl methyl sites for hydroxylation is 2. The molecule has 0 amide bonds. The number of carbonyl (C=O) groups excluding carboxylic acids is 1. The van der Waals surface area contributed by atoms with Crippen molar-refractivity contribution in [2.75, 3.05) is 52.7 Å². The zero-order chi connectivity index (χ0) is 56.8. The summed E-state index contributed by atoms with van der Waals surface area (Å²) in [6.07, 6.45) is 2.87. The van der Waals surface area contributed by atoms with Gasteiger partial charge in [-0.05, 0) is 91.8 Å². The van der Waals surface area contributed by atoms with Crippen LogP contribution in [0.3, 0.4) is 0 Å². The molecule has 0 saturated carbocycles. The number of hydrogen-bond donors (Lipinski definition) is 0. The van der Waals surface area contributed by atoms with E-state index >= 15 is 16.8 Å². The van der Waals surface area contributed by atoms with Crippen molar-refractivity contribution in [1.29, 1.82) is 0 Å². The molecule has 0 aromatic heterocycles. The first-order valence-corrected chi connectivity index (χ1v) is 30.2. The summed E-state index contributed by atoms with van der Waals surface area (Å²) in [5, 5.41) is 0. The molecule has 7 aromatic rings. The number of benzene rings is 7. The van der Waals surface area contributed by atoms with Gasteiger partial charge in [0.25, 0.3) is 10.0 Å². The summed E-state index contributed by atoms with van der Waals surface area (Å²) >= 11 is 0. The Hall–Kier alpha value is -7.19. The van der Waals surface area contributed by atoms with Gasteiger partial charge in [-0.1, -0.05) is 193 Å². The molecule has 0 saturated heterocycles.